The summed E-state index contributed by atoms with van der Waals surface area (Å²) in [6, 6.07) is 127. The van der Waals surface area contributed by atoms with Crippen LogP contribution < -0.4 is 0 Å². The highest BCUT2D eigenvalue weighted by Gasteiger charge is 2.23. The Bertz CT molecular complexity index is 9660. The summed E-state index contributed by atoms with van der Waals surface area (Å²) in [6.07, 6.45) is 0. The van der Waals surface area contributed by atoms with Crippen LogP contribution in [0.15, 0.2) is 390 Å². The van der Waals surface area contributed by atoms with E-state index < -0.39 is 0 Å². The van der Waals surface area contributed by atoms with Gasteiger partial charge in [0, 0.05) is 211 Å². The fourth-order valence-electron chi connectivity index (χ4n) is 20.6. The molecule has 12 heteroatoms. The molecule has 0 spiro atoms. The molecule has 0 aliphatic heterocycles. The maximum atomic E-state index is 6.17. The van der Waals surface area contributed by atoms with E-state index in [1.54, 1.807) is 0 Å². The SMILES string of the molecule is Cn1c2ccccc2c2c3c(ccc21)oc1ccccc13.Cn1c2ccccc2c2c3oc4ccccc4c3ccc21.Cn1c2ccccc2c2cc3c(cc21)oc1ccccc13.Cn1c2ccccc2c2cc3oc4ccccc4c3cc21.Cn1c2ccccc2c2ccc3c4ccccc4oc3c21.Cn1c2ccccc2c2ccc3oc4ccccc4c3c21. The van der Waals surface area contributed by atoms with Gasteiger partial charge in [0.2, 0.25) is 0 Å². The van der Waals surface area contributed by atoms with Gasteiger partial charge in [0.15, 0.2) is 5.58 Å². The van der Waals surface area contributed by atoms with E-state index in [4.69, 9.17) is 26.5 Å². The molecule has 600 valence electrons. The topological polar surface area (TPSA) is 108 Å². The van der Waals surface area contributed by atoms with Crippen molar-refractivity contribution in [3.8, 4) is 0 Å². The predicted octanol–water partition coefficient (Wildman–Crippen LogP) is 31.4. The Morgan fingerprint density at radius 2 is 0.429 bits per heavy atom. The second kappa shape index (κ2) is 28.1. The summed E-state index contributed by atoms with van der Waals surface area (Å²) in [6.45, 7) is 0. The maximum absolute atomic E-state index is 6.17. The molecule has 0 radical (unpaired) electrons. The molecule has 126 heavy (non-hydrogen) atoms. The van der Waals surface area contributed by atoms with Gasteiger partial charge in [-0.1, -0.05) is 224 Å². The highest BCUT2D eigenvalue weighted by molar-refractivity contribution is 6.29. The molecule has 30 rings (SSSR count). The van der Waals surface area contributed by atoms with E-state index in [1.807, 2.05) is 72.8 Å². The lowest BCUT2D eigenvalue weighted by Crippen LogP contribution is -1.86. The van der Waals surface area contributed by atoms with Crippen molar-refractivity contribution < 1.29 is 26.5 Å². The summed E-state index contributed by atoms with van der Waals surface area (Å²) < 4.78 is 49.8. The van der Waals surface area contributed by atoms with E-state index in [-0.39, 0.29) is 0 Å². The maximum Gasteiger partial charge on any atom is 0.159 e. The molecule has 0 saturated heterocycles. The molecular formula is C114H78N6O6. The van der Waals surface area contributed by atoms with Crippen LogP contribution in [0.25, 0.3) is 262 Å². The quantitative estimate of drug-likeness (QED) is 0.150. The molecule has 12 heterocycles. The molecule has 0 fully saturated rings. The Hall–Kier alpha value is -16.4. The predicted molar refractivity (Wildman–Crippen MR) is 526 cm³/mol. The van der Waals surface area contributed by atoms with Crippen LogP contribution in [0.1, 0.15) is 0 Å². The van der Waals surface area contributed by atoms with Crippen LogP contribution in [-0.4, -0.2) is 27.4 Å². The minimum atomic E-state index is 0.949. The fraction of sp³-hybridized carbons (Fsp3) is 0.0526. The van der Waals surface area contributed by atoms with Gasteiger partial charge in [0.05, 0.1) is 32.8 Å². The van der Waals surface area contributed by atoms with Gasteiger partial charge in [-0.15, -0.1) is 0 Å². The Labute approximate surface area is 718 Å². The lowest BCUT2D eigenvalue weighted by atomic mass is 10.1. The van der Waals surface area contributed by atoms with E-state index in [0.29, 0.717) is 0 Å². The molecule has 30 aromatic rings. The number of nitrogens with zero attached hydrogens (tertiary/aromatic N) is 6. The zero-order valence-corrected chi connectivity index (χ0v) is 69.8. The number of aryl methyl sites for hydroxylation is 6. The summed E-state index contributed by atoms with van der Waals surface area (Å²) in [4.78, 5) is 0. The number of hydrogen-bond acceptors (Lipinski definition) is 6. The van der Waals surface area contributed by atoms with Crippen LogP contribution in [0.5, 0.6) is 0 Å². The summed E-state index contributed by atoms with van der Waals surface area (Å²) >= 11 is 0. The summed E-state index contributed by atoms with van der Waals surface area (Å²) in [5, 5.41) is 29.5. The van der Waals surface area contributed by atoms with Crippen molar-refractivity contribution in [1.82, 2.24) is 27.4 Å². The molecule has 0 amide bonds. The summed E-state index contributed by atoms with van der Waals surface area (Å²) in [5.41, 5.74) is 26.3. The molecular weight excluding hydrogens is 1550 g/mol. The van der Waals surface area contributed by atoms with E-state index in [0.717, 1.165) is 67.0 Å². The third-order valence-electron chi connectivity index (χ3n) is 26.5. The monoisotopic (exact) mass is 1630 g/mol. The molecule has 12 aromatic heterocycles. The highest BCUT2D eigenvalue weighted by Crippen LogP contribution is 2.46. The number of fused-ring (bicyclic) bond motifs is 40. The molecule has 0 aliphatic carbocycles. The second-order valence-electron chi connectivity index (χ2n) is 33.1. The number of rotatable bonds is 0. The Morgan fingerprint density at radius 3 is 0.960 bits per heavy atom. The van der Waals surface area contributed by atoms with Crippen LogP contribution >= 0.6 is 0 Å². The van der Waals surface area contributed by atoms with E-state index in [9.17, 15) is 0 Å². The molecule has 12 nitrogen and oxygen atoms in total. The largest absolute Gasteiger partial charge is 0.456 e. The first kappa shape index (κ1) is 72.4. The Morgan fingerprint density at radius 1 is 0.135 bits per heavy atom. The van der Waals surface area contributed by atoms with Crippen LogP contribution in [0.4, 0.5) is 0 Å². The first-order valence-electron chi connectivity index (χ1n) is 42.7. The first-order valence-corrected chi connectivity index (χ1v) is 42.7. The van der Waals surface area contributed by atoms with Gasteiger partial charge < -0.3 is 53.9 Å². The Kier molecular flexibility index (Phi) is 16.1. The van der Waals surface area contributed by atoms with Crippen LogP contribution in [0, 0.1) is 0 Å². The average molecular weight is 1630 g/mol. The first-order chi connectivity index (χ1) is 62.0. The van der Waals surface area contributed by atoms with Gasteiger partial charge in [0.25, 0.3) is 0 Å². The van der Waals surface area contributed by atoms with Gasteiger partial charge in [-0.25, -0.2) is 0 Å². The van der Waals surface area contributed by atoms with Gasteiger partial charge in [-0.2, -0.15) is 0 Å². The van der Waals surface area contributed by atoms with Crippen molar-refractivity contribution >= 4 is 262 Å². The van der Waals surface area contributed by atoms with E-state index in [2.05, 4.69) is 361 Å². The van der Waals surface area contributed by atoms with Gasteiger partial charge in [-0.05, 0) is 133 Å². The normalized spacial score (nSPS) is 12.0. The van der Waals surface area contributed by atoms with E-state index in [1.165, 1.54) is 195 Å². The van der Waals surface area contributed by atoms with Crippen LogP contribution in [0.2, 0.25) is 0 Å². The number of furan rings is 6. The van der Waals surface area contributed by atoms with Crippen molar-refractivity contribution in [2.24, 2.45) is 42.3 Å². The second-order valence-corrected chi connectivity index (χ2v) is 33.1. The minimum Gasteiger partial charge on any atom is -0.456 e. The van der Waals surface area contributed by atoms with Crippen LogP contribution in [0.3, 0.4) is 0 Å². The van der Waals surface area contributed by atoms with Gasteiger partial charge in [0.1, 0.15) is 61.4 Å². The summed E-state index contributed by atoms with van der Waals surface area (Å²) in [5.74, 6) is 0. The third kappa shape index (κ3) is 10.8. The molecule has 0 unspecified atom stereocenters. The molecule has 0 N–H and O–H groups in total. The lowest BCUT2D eigenvalue weighted by Gasteiger charge is -1.99. The zero-order chi connectivity index (χ0) is 83.8. The molecule has 0 aliphatic rings. The smallest absolute Gasteiger partial charge is 0.159 e. The van der Waals surface area contributed by atoms with Gasteiger partial charge in [-0.3, -0.25) is 0 Å². The van der Waals surface area contributed by atoms with Crippen molar-refractivity contribution in [3.05, 3.63) is 364 Å². The number of para-hydroxylation sites is 12. The molecule has 0 saturated carbocycles. The van der Waals surface area contributed by atoms with E-state index >= 15 is 0 Å². The lowest BCUT2D eigenvalue weighted by molar-refractivity contribution is 0.668. The average Bonchev–Trinajstić information content (AvgIpc) is 1.59. The zero-order valence-electron chi connectivity index (χ0n) is 69.8. The number of aromatic nitrogens is 6. The van der Waals surface area contributed by atoms with Crippen molar-refractivity contribution in [2.45, 2.75) is 0 Å². The Balaban J connectivity index is 0.0000000824. The molecule has 0 bridgehead atoms. The third-order valence-corrected chi connectivity index (χ3v) is 26.5. The van der Waals surface area contributed by atoms with Crippen molar-refractivity contribution in [1.29, 1.82) is 0 Å². The minimum absolute atomic E-state index is 0.949. The molecule has 0 atom stereocenters. The highest BCUT2D eigenvalue weighted by atomic mass is 16.3. The summed E-state index contributed by atoms with van der Waals surface area (Å²) in [7, 11) is 12.7. The van der Waals surface area contributed by atoms with Crippen LogP contribution in [-0.2, 0) is 42.3 Å². The molecule has 18 aromatic carbocycles. The number of benzene rings is 18. The standard InChI is InChI=1S/6C19H13NO/c1-20-15-8-4-2-7-14(15)18-16(20)11-10-13-12-6-3-5-9-17(12)21-19(13)18;1-20-16-8-4-2-6-12(16)14-11-19-15(10-17(14)20)13-7-3-5-9-18(13)21-19;1-20-16-8-4-2-6-12(16)14-10-15-13-7-3-5-9-18(13)21-19(15)11-17(14)20;1-20-15-8-4-2-6-12(15)13-10-11-17-18(19(13)20)14-7-3-5-9-16(14)21-17;1-20-16-8-4-2-6-12(16)14-10-11-15-13-7-3-5-9-17(13)21-19(15)18(14)20;1-20-14-8-4-2-6-12(14)18-15(20)10-11-17-19(18)13-7-3-5-9-16(13)21-17/h6*2-11H,1H3. The van der Waals surface area contributed by atoms with Gasteiger partial charge >= 0.3 is 0 Å². The van der Waals surface area contributed by atoms with Crippen molar-refractivity contribution in [3.63, 3.8) is 0 Å². The van der Waals surface area contributed by atoms with Crippen molar-refractivity contribution in [2.75, 3.05) is 0 Å². The number of hydrogen-bond donors (Lipinski definition) is 0. The fourth-order valence-corrected chi connectivity index (χ4v) is 20.6.